The van der Waals surface area contributed by atoms with Crippen molar-refractivity contribution in [3.63, 3.8) is 0 Å². The van der Waals surface area contributed by atoms with Crippen LogP contribution in [0.5, 0.6) is 0 Å². The summed E-state index contributed by atoms with van der Waals surface area (Å²) in [5, 5.41) is 11.7. The fourth-order valence-electron chi connectivity index (χ4n) is 4.37. The van der Waals surface area contributed by atoms with Crippen molar-refractivity contribution in [3.05, 3.63) is 51.8 Å². The first kappa shape index (κ1) is 37.1. The third kappa shape index (κ3) is 9.89. The first-order valence-corrected chi connectivity index (χ1v) is 24.4. The minimum Gasteiger partial charge on any atom is -0.464 e. The second-order valence-electron chi connectivity index (χ2n) is 14.4. The SMILES string of the molecule is COC(=O)c1csc(N(CCCCO[Si](C)(C)C(C)(C)C)c2cc(C)c(N=c3sc4ccccc4n3COCC[Si](C)(C)C)nn2)n1. The number of hydrogen-bond donors (Lipinski definition) is 0. The molecule has 1 aromatic carbocycles. The van der Waals surface area contributed by atoms with Crippen molar-refractivity contribution in [3.8, 4) is 0 Å². The highest BCUT2D eigenvalue weighted by Gasteiger charge is 2.36. The quantitative estimate of drug-likeness (QED) is 0.0686. The van der Waals surface area contributed by atoms with Crippen molar-refractivity contribution in [1.29, 1.82) is 0 Å². The van der Waals surface area contributed by atoms with Gasteiger partial charge in [0.2, 0.25) is 0 Å². The number of benzene rings is 1. The van der Waals surface area contributed by atoms with Crippen molar-refractivity contribution in [2.45, 2.75) is 91.1 Å². The zero-order valence-corrected chi connectivity index (χ0v) is 33.2. The van der Waals surface area contributed by atoms with Crippen molar-refractivity contribution < 1.29 is 18.7 Å². The van der Waals surface area contributed by atoms with Gasteiger partial charge in [-0.25, -0.2) is 9.78 Å². The normalized spacial score (nSPS) is 13.0. The zero-order chi connectivity index (χ0) is 34.4. The predicted octanol–water partition coefficient (Wildman–Crippen LogP) is 8.53. The van der Waals surface area contributed by atoms with E-state index in [-0.39, 0.29) is 10.7 Å². The number of methoxy groups -OCH3 is 1. The van der Waals surface area contributed by atoms with E-state index in [9.17, 15) is 4.79 Å². The number of thiazole rings is 2. The van der Waals surface area contributed by atoms with Crippen molar-refractivity contribution in [2.75, 3.05) is 31.8 Å². The number of ether oxygens (including phenoxy) is 2. The molecule has 256 valence electrons. The van der Waals surface area contributed by atoms with E-state index < -0.39 is 22.4 Å². The number of para-hydroxylation sites is 1. The lowest BCUT2D eigenvalue weighted by Gasteiger charge is -2.36. The van der Waals surface area contributed by atoms with E-state index in [0.29, 0.717) is 36.6 Å². The maximum atomic E-state index is 12.2. The van der Waals surface area contributed by atoms with Crippen LogP contribution in [0.25, 0.3) is 10.2 Å². The Hall–Kier alpha value is -2.76. The molecule has 0 spiro atoms. The Labute approximate surface area is 289 Å². The van der Waals surface area contributed by atoms with E-state index in [1.165, 1.54) is 18.4 Å². The molecule has 0 radical (unpaired) electrons. The maximum absolute atomic E-state index is 12.2. The number of carbonyl (C=O) groups is 1. The molecule has 0 unspecified atom stereocenters. The Kier molecular flexibility index (Phi) is 12.3. The standard InChI is InChI=1S/C33H50N6O4S2Si2/c1-24-21-28(38(31-34-25(22-44-31)30(40)41-5)17-13-14-18-43-47(9,10)33(2,3)4)36-37-29(24)35-32-39(23-42-19-20-46(6,7)8)26-15-11-12-16-27(26)45-32/h11-12,15-16,21-22H,13-14,17-20,23H2,1-10H3. The summed E-state index contributed by atoms with van der Waals surface area (Å²) >= 11 is 2.99. The van der Waals surface area contributed by atoms with E-state index in [0.717, 1.165) is 46.1 Å². The number of aryl methyl sites for hydroxylation is 1. The van der Waals surface area contributed by atoms with Gasteiger partial charge in [0.25, 0.3) is 0 Å². The topological polar surface area (TPSA) is 104 Å². The highest BCUT2D eigenvalue weighted by atomic mass is 32.1. The van der Waals surface area contributed by atoms with Gasteiger partial charge in [-0.15, -0.1) is 21.5 Å². The van der Waals surface area contributed by atoms with Crippen molar-refractivity contribution >= 4 is 72.0 Å². The number of fused-ring (bicyclic) bond motifs is 1. The van der Waals surface area contributed by atoms with Gasteiger partial charge in [0.1, 0.15) is 6.73 Å². The van der Waals surface area contributed by atoms with Gasteiger partial charge < -0.3 is 18.8 Å². The van der Waals surface area contributed by atoms with Gasteiger partial charge in [-0.3, -0.25) is 4.57 Å². The molecule has 0 N–H and O–H groups in total. The summed E-state index contributed by atoms with van der Waals surface area (Å²) in [6.45, 7) is 22.9. The van der Waals surface area contributed by atoms with E-state index in [1.54, 1.807) is 16.7 Å². The van der Waals surface area contributed by atoms with E-state index >= 15 is 0 Å². The van der Waals surface area contributed by atoms with Gasteiger partial charge in [-0.05, 0) is 67.7 Å². The molecule has 0 saturated carbocycles. The third-order valence-corrected chi connectivity index (χ3v) is 16.6. The summed E-state index contributed by atoms with van der Waals surface area (Å²) in [4.78, 5) is 24.6. The van der Waals surface area contributed by atoms with Crippen LogP contribution < -0.4 is 9.70 Å². The second kappa shape index (κ2) is 15.6. The van der Waals surface area contributed by atoms with Crippen LogP contribution in [0, 0.1) is 6.92 Å². The summed E-state index contributed by atoms with van der Waals surface area (Å²) in [6, 6.07) is 11.4. The van der Waals surface area contributed by atoms with Crippen LogP contribution in [0.3, 0.4) is 0 Å². The number of carbonyl (C=O) groups excluding carboxylic acids is 1. The lowest BCUT2D eigenvalue weighted by atomic mass is 10.2. The van der Waals surface area contributed by atoms with Gasteiger partial charge in [0, 0.05) is 33.2 Å². The van der Waals surface area contributed by atoms with Crippen molar-refractivity contribution in [1.82, 2.24) is 19.7 Å². The number of nitrogens with zero attached hydrogens (tertiary/aromatic N) is 6. The number of hydrogen-bond acceptors (Lipinski definition) is 11. The molecule has 10 nitrogen and oxygen atoms in total. The van der Waals surface area contributed by atoms with Gasteiger partial charge in [-0.1, -0.05) is 63.9 Å². The minimum atomic E-state index is -1.82. The maximum Gasteiger partial charge on any atom is 0.357 e. The zero-order valence-electron chi connectivity index (χ0n) is 29.5. The largest absolute Gasteiger partial charge is 0.464 e. The van der Waals surface area contributed by atoms with Crippen LogP contribution in [0.4, 0.5) is 16.8 Å². The van der Waals surface area contributed by atoms with Crippen LogP contribution >= 0.6 is 22.7 Å². The number of aromatic nitrogens is 4. The van der Waals surface area contributed by atoms with Crippen LogP contribution in [-0.2, 0) is 20.6 Å². The molecular formula is C33H50N6O4S2Si2. The molecule has 0 fully saturated rings. The van der Waals surface area contributed by atoms with Gasteiger partial charge in [0.05, 0.1) is 17.3 Å². The number of unbranched alkanes of at least 4 members (excludes halogenated alkanes) is 1. The number of rotatable bonds is 15. The van der Waals surface area contributed by atoms with Crippen molar-refractivity contribution in [2.24, 2.45) is 4.99 Å². The smallest absolute Gasteiger partial charge is 0.357 e. The summed E-state index contributed by atoms with van der Waals surface area (Å²) in [5.41, 5.74) is 2.24. The Morgan fingerprint density at radius 3 is 2.49 bits per heavy atom. The molecule has 0 aliphatic rings. The molecule has 0 amide bonds. The van der Waals surface area contributed by atoms with Crippen LogP contribution in [0.1, 0.15) is 49.7 Å². The third-order valence-electron chi connectivity index (χ3n) is 8.39. The second-order valence-corrected chi connectivity index (χ2v) is 26.7. The van der Waals surface area contributed by atoms with Gasteiger partial charge in [-0.2, -0.15) is 4.99 Å². The monoisotopic (exact) mass is 714 g/mol. The number of anilines is 2. The molecule has 14 heteroatoms. The highest BCUT2D eigenvalue weighted by Crippen LogP contribution is 2.37. The van der Waals surface area contributed by atoms with E-state index in [2.05, 4.69) is 85.4 Å². The average Bonchev–Trinajstić information content (AvgIpc) is 3.62. The molecule has 3 heterocycles. The van der Waals surface area contributed by atoms with Gasteiger partial charge in [0.15, 0.2) is 35.6 Å². The lowest BCUT2D eigenvalue weighted by Crippen LogP contribution is -2.41. The Bertz CT molecular complexity index is 1720. The fourth-order valence-corrected chi connectivity index (χ4v) is 8.07. The fraction of sp³-hybridized carbons (Fsp3) is 0.545. The minimum absolute atomic E-state index is 0.167. The van der Waals surface area contributed by atoms with Crippen LogP contribution in [-0.4, -0.2) is 69.0 Å². The summed E-state index contributed by atoms with van der Waals surface area (Å²) < 4.78 is 20.7. The van der Waals surface area contributed by atoms with Crippen LogP contribution in [0.15, 0.2) is 40.7 Å². The van der Waals surface area contributed by atoms with Crippen LogP contribution in [0.2, 0.25) is 43.8 Å². The summed E-state index contributed by atoms with van der Waals surface area (Å²) in [7, 11) is -1.66. The molecular weight excluding hydrogens is 665 g/mol. The first-order chi connectivity index (χ1) is 22.1. The van der Waals surface area contributed by atoms with E-state index in [4.69, 9.17) is 18.9 Å². The molecule has 0 aliphatic carbocycles. The molecule has 0 bridgehead atoms. The first-order valence-electron chi connectivity index (χ1n) is 16.1. The Morgan fingerprint density at radius 1 is 1.06 bits per heavy atom. The molecule has 4 rings (SSSR count). The summed E-state index contributed by atoms with van der Waals surface area (Å²) in [6.07, 6.45) is 1.75. The molecule has 0 atom stereocenters. The molecule has 47 heavy (non-hydrogen) atoms. The molecule has 3 aromatic heterocycles. The molecule has 4 aromatic rings. The van der Waals surface area contributed by atoms with Gasteiger partial charge >= 0.3 is 5.97 Å². The average molecular weight is 715 g/mol. The Balaban J connectivity index is 1.59. The van der Waals surface area contributed by atoms with E-state index in [1.807, 2.05) is 30.0 Å². The molecule has 0 aliphatic heterocycles. The number of esters is 1. The predicted molar refractivity (Wildman–Crippen MR) is 199 cm³/mol. The Morgan fingerprint density at radius 2 is 1.81 bits per heavy atom. The highest BCUT2D eigenvalue weighted by molar-refractivity contribution is 7.16. The molecule has 0 saturated heterocycles. The summed E-state index contributed by atoms with van der Waals surface area (Å²) in [5.74, 6) is 0.734. The lowest BCUT2D eigenvalue weighted by molar-refractivity contribution is 0.0595.